The minimum absolute atomic E-state index is 1.04. The number of fused-ring (bicyclic) bond motifs is 1. The Morgan fingerprint density at radius 1 is 0.595 bits per heavy atom. The summed E-state index contributed by atoms with van der Waals surface area (Å²) in [6, 6.07) is 27.8. The summed E-state index contributed by atoms with van der Waals surface area (Å²) in [7, 11) is 0. The quantitative estimate of drug-likeness (QED) is 0.211. The summed E-state index contributed by atoms with van der Waals surface area (Å²) >= 11 is 0. The van der Waals surface area contributed by atoms with Crippen LogP contribution >= 0.6 is 0 Å². The average Bonchev–Trinajstić information content (AvgIpc) is 2.96. The van der Waals surface area contributed by atoms with Gasteiger partial charge in [-0.15, -0.1) is 0 Å². The van der Waals surface area contributed by atoms with Gasteiger partial charge in [-0.2, -0.15) is 0 Å². The average molecular weight is 477 g/mol. The van der Waals surface area contributed by atoms with Crippen LogP contribution in [-0.2, 0) is 0 Å². The molecule has 0 fully saturated rings. The first-order valence-corrected chi connectivity index (χ1v) is 12.4. The Morgan fingerprint density at radius 2 is 1.11 bits per heavy atom. The fraction of sp³-hybridized carbons (Fsp3) is 0.0270. The van der Waals surface area contributed by atoms with Gasteiger partial charge >= 0.3 is 0 Å². The molecule has 0 N–H and O–H groups in total. The van der Waals surface area contributed by atoms with Crippen LogP contribution in [0.4, 0.5) is 0 Å². The van der Waals surface area contributed by atoms with Gasteiger partial charge in [0.15, 0.2) is 0 Å². The van der Waals surface area contributed by atoms with E-state index in [1.165, 1.54) is 21.9 Å². The molecular weight excluding hydrogens is 444 g/mol. The van der Waals surface area contributed by atoms with Crippen LogP contribution in [0.2, 0.25) is 0 Å². The van der Waals surface area contributed by atoms with Crippen LogP contribution in [0, 0.1) is 0 Å². The van der Waals surface area contributed by atoms with E-state index in [-0.39, 0.29) is 0 Å². The summed E-state index contributed by atoms with van der Waals surface area (Å²) in [5.74, 6) is 0. The maximum atomic E-state index is 4.21. The van der Waals surface area contributed by atoms with Crippen LogP contribution < -0.4 is 0 Å². The predicted molar refractivity (Wildman–Crippen MR) is 166 cm³/mol. The number of allylic oxidation sites excluding steroid dienone is 7. The number of hydrogen-bond donors (Lipinski definition) is 0. The molecule has 0 aliphatic heterocycles. The Morgan fingerprint density at radius 3 is 1.57 bits per heavy atom. The van der Waals surface area contributed by atoms with E-state index in [4.69, 9.17) is 0 Å². The number of hydrogen-bond acceptors (Lipinski definition) is 0. The van der Waals surface area contributed by atoms with Crippen molar-refractivity contribution >= 4 is 28.5 Å². The lowest BCUT2D eigenvalue weighted by Gasteiger charge is -2.20. The van der Waals surface area contributed by atoms with Crippen molar-refractivity contribution in [2.45, 2.75) is 6.92 Å². The molecule has 37 heavy (non-hydrogen) atoms. The van der Waals surface area contributed by atoms with Crippen molar-refractivity contribution in [2.75, 3.05) is 0 Å². The normalized spacial score (nSPS) is 12.0. The fourth-order valence-electron chi connectivity index (χ4n) is 5.00. The lowest BCUT2D eigenvalue weighted by atomic mass is 9.83. The van der Waals surface area contributed by atoms with Crippen molar-refractivity contribution in [1.29, 1.82) is 0 Å². The maximum absolute atomic E-state index is 4.21. The van der Waals surface area contributed by atoms with Crippen LogP contribution in [0.5, 0.6) is 0 Å². The molecule has 0 aromatic heterocycles. The zero-order valence-electron chi connectivity index (χ0n) is 21.5. The second kappa shape index (κ2) is 11.4. The molecule has 0 heterocycles. The molecule has 4 rings (SSSR count). The smallest absolute Gasteiger partial charge is 0.00266 e. The highest BCUT2D eigenvalue weighted by Gasteiger charge is 2.18. The Kier molecular flexibility index (Phi) is 7.81. The largest absolute Gasteiger partial charge is 0.0990 e. The van der Waals surface area contributed by atoms with Gasteiger partial charge in [0.25, 0.3) is 0 Å². The van der Waals surface area contributed by atoms with E-state index in [0.29, 0.717) is 0 Å². The predicted octanol–water partition coefficient (Wildman–Crippen LogP) is 10.7. The minimum atomic E-state index is 1.04. The molecule has 0 atom stereocenters. The van der Waals surface area contributed by atoms with Crippen LogP contribution in [0.15, 0.2) is 147 Å². The van der Waals surface area contributed by atoms with E-state index in [2.05, 4.69) is 106 Å². The standard InChI is InChI=1S/C37H32/c1-7-17-33(30(9-3)26(6)8-2)27-22-24-29(25-23-27)37-32(11-5)31(10-4)36(28-18-13-12-14-19-28)34-20-15-16-21-35(34)37/h7-25H,1-5H2,6H3/b30-26+,33-17-. The Balaban J connectivity index is 1.99. The van der Waals surface area contributed by atoms with Gasteiger partial charge in [0.1, 0.15) is 0 Å². The van der Waals surface area contributed by atoms with Crippen molar-refractivity contribution in [2.24, 2.45) is 0 Å². The highest BCUT2D eigenvalue weighted by atomic mass is 14.2. The molecular formula is C37H32. The highest BCUT2D eigenvalue weighted by molar-refractivity contribution is 6.11. The molecule has 0 aliphatic carbocycles. The molecule has 0 aliphatic rings. The topological polar surface area (TPSA) is 0 Å². The van der Waals surface area contributed by atoms with Gasteiger partial charge in [-0.25, -0.2) is 0 Å². The summed E-state index contributed by atoms with van der Waals surface area (Å²) < 4.78 is 0. The number of benzene rings is 4. The molecule has 0 spiro atoms. The second-order valence-electron chi connectivity index (χ2n) is 8.80. The van der Waals surface area contributed by atoms with Crippen molar-refractivity contribution in [3.05, 3.63) is 164 Å². The van der Waals surface area contributed by atoms with E-state index >= 15 is 0 Å². The molecule has 0 bridgehead atoms. The summed E-state index contributed by atoms with van der Waals surface area (Å²) in [5.41, 5.74) is 11.1. The van der Waals surface area contributed by atoms with Crippen molar-refractivity contribution in [1.82, 2.24) is 0 Å². The molecule has 0 unspecified atom stereocenters. The van der Waals surface area contributed by atoms with Crippen molar-refractivity contribution < 1.29 is 0 Å². The number of rotatable bonds is 9. The monoisotopic (exact) mass is 476 g/mol. The Hall–Kier alpha value is -4.68. The third kappa shape index (κ3) is 4.75. The lowest BCUT2D eigenvalue weighted by molar-refractivity contribution is 1.45. The SMILES string of the molecule is C=C/C=C(\C(C=C)=C(/C)C=C)c1ccc(-c2c(C=C)c(C=C)c(-c3ccccc3)c3ccccc23)cc1. The molecule has 4 aromatic carbocycles. The molecule has 0 amide bonds. The second-order valence-corrected chi connectivity index (χ2v) is 8.80. The van der Waals surface area contributed by atoms with E-state index in [0.717, 1.165) is 44.5 Å². The summed E-state index contributed by atoms with van der Waals surface area (Å²) in [4.78, 5) is 0. The Bertz CT molecular complexity index is 1570. The van der Waals surface area contributed by atoms with Crippen LogP contribution in [0.1, 0.15) is 23.6 Å². The summed E-state index contributed by atoms with van der Waals surface area (Å²) in [6.07, 6.45) is 11.5. The van der Waals surface area contributed by atoms with Crippen molar-refractivity contribution in [3.8, 4) is 22.3 Å². The molecule has 0 nitrogen and oxygen atoms in total. The molecule has 0 heteroatoms. The van der Waals surface area contributed by atoms with Gasteiger partial charge in [-0.1, -0.05) is 148 Å². The van der Waals surface area contributed by atoms with Gasteiger partial charge in [-0.3, -0.25) is 0 Å². The fourth-order valence-corrected chi connectivity index (χ4v) is 5.00. The highest BCUT2D eigenvalue weighted by Crippen LogP contribution is 2.43. The summed E-state index contributed by atoms with van der Waals surface area (Å²) in [6.45, 7) is 22.3. The molecule has 180 valence electrons. The Labute approximate surface area is 221 Å². The molecule has 4 aromatic rings. The summed E-state index contributed by atoms with van der Waals surface area (Å²) in [5, 5.41) is 2.38. The first kappa shape index (κ1) is 25.4. The zero-order valence-corrected chi connectivity index (χ0v) is 21.5. The molecule has 0 saturated carbocycles. The van der Waals surface area contributed by atoms with Gasteiger partial charge in [0, 0.05) is 0 Å². The van der Waals surface area contributed by atoms with Crippen LogP contribution in [0.3, 0.4) is 0 Å². The minimum Gasteiger partial charge on any atom is -0.0990 e. The van der Waals surface area contributed by atoms with Gasteiger partial charge in [0.05, 0.1) is 0 Å². The maximum Gasteiger partial charge on any atom is -0.00266 e. The molecule has 0 saturated heterocycles. The third-order valence-electron chi connectivity index (χ3n) is 6.76. The van der Waals surface area contributed by atoms with E-state index in [1.807, 2.05) is 49.4 Å². The third-order valence-corrected chi connectivity index (χ3v) is 6.76. The van der Waals surface area contributed by atoms with Crippen LogP contribution in [-0.4, -0.2) is 0 Å². The van der Waals surface area contributed by atoms with Crippen LogP contribution in [0.25, 0.3) is 50.8 Å². The zero-order chi connectivity index (χ0) is 26.4. The molecule has 0 radical (unpaired) electrons. The van der Waals surface area contributed by atoms with Crippen molar-refractivity contribution in [3.63, 3.8) is 0 Å². The van der Waals surface area contributed by atoms with Gasteiger partial charge < -0.3 is 0 Å². The first-order valence-electron chi connectivity index (χ1n) is 12.4. The van der Waals surface area contributed by atoms with Gasteiger partial charge in [0.2, 0.25) is 0 Å². The first-order chi connectivity index (χ1) is 18.1. The van der Waals surface area contributed by atoms with Gasteiger partial charge in [-0.05, 0) is 73.4 Å². The van der Waals surface area contributed by atoms with E-state index in [1.54, 1.807) is 0 Å². The van der Waals surface area contributed by atoms with E-state index < -0.39 is 0 Å². The lowest BCUT2D eigenvalue weighted by Crippen LogP contribution is -1.96. The van der Waals surface area contributed by atoms with E-state index in [9.17, 15) is 0 Å².